The Bertz CT molecular complexity index is 564. The number of benzene rings is 1. The number of hydrogen-bond donors (Lipinski definition) is 3. The molecular formula is C15H19ClN2O3. The molecule has 1 aliphatic rings. The number of halogens is 1. The van der Waals surface area contributed by atoms with E-state index in [4.69, 9.17) is 17.3 Å². The number of nitrogens with one attached hydrogen (secondary N) is 1. The van der Waals surface area contributed by atoms with Gasteiger partial charge in [0, 0.05) is 5.02 Å². The minimum atomic E-state index is -1.36. The molecule has 0 heterocycles. The van der Waals surface area contributed by atoms with Gasteiger partial charge >= 0.3 is 0 Å². The van der Waals surface area contributed by atoms with Crippen LogP contribution in [0, 0.1) is 5.92 Å². The molecule has 21 heavy (non-hydrogen) atoms. The average Bonchev–Trinajstić information content (AvgIpc) is 2.84. The van der Waals surface area contributed by atoms with Crippen LogP contribution in [0.25, 0.3) is 0 Å². The largest absolute Gasteiger partial charge is 0.392 e. The van der Waals surface area contributed by atoms with Crippen molar-refractivity contribution in [2.45, 2.75) is 37.8 Å². The number of primary amides is 1. The van der Waals surface area contributed by atoms with Gasteiger partial charge in [0.15, 0.2) is 0 Å². The molecule has 2 amide bonds. The zero-order chi connectivity index (χ0) is 15.6. The van der Waals surface area contributed by atoms with Gasteiger partial charge in [-0.3, -0.25) is 9.59 Å². The predicted molar refractivity (Wildman–Crippen MR) is 79.5 cm³/mol. The van der Waals surface area contributed by atoms with Crippen LogP contribution in [0.5, 0.6) is 0 Å². The lowest BCUT2D eigenvalue weighted by Gasteiger charge is -2.30. The van der Waals surface area contributed by atoms with Crippen LogP contribution in [-0.2, 0) is 15.1 Å². The maximum atomic E-state index is 12.3. The van der Waals surface area contributed by atoms with Gasteiger partial charge in [-0.05, 0) is 43.9 Å². The highest BCUT2D eigenvalue weighted by atomic mass is 35.5. The van der Waals surface area contributed by atoms with Crippen LogP contribution in [0.4, 0.5) is 0 Å². The lowest BCUT2D eigenvalue weighted by Crippen LogP contribution is -2.54. The lowest BCUT2D eigenvalue weighted by molar-refractivity contribution is -0.135. The molecule has 3 unspecified atom stereocenters. The summed E-state index contributed by atoms with van der Waals surface area (Å²) < 4.78 is 0. The maximum Gasteiger partial charge on any atom is 0.247 e. The van der Waals surface area contributed by atoms with Crippen molar-refractivity contribution >= 4 is 23.4 Å². The van der Waals surface area contributed by atoms with Crippen molar-refractivity contribution in [3.05, 3.63) is 34.9 Å². The molecule has 0 spiro atoms. The summed E-state index contributed by atoms with van der Waals surface area (Å²) in [6.07, 6.45) is 1.34. The molecule has 1 fully saturated rings. The highest BCUT2D eigenvalue weighted by Gasteiger charge is 2.39. The Hall–Kier alpha value is -1.59. The minimum absolute atomic E-state index is 0.360. The van der Waals surface area contributed by atoms with E-state index in [1.165, 1.54) is 0 Å². The van der Waals surface area contributed by atoms with Crippen molar-refractivity contribution in [1.29, 1.82) is 0 Å². The van der Waals surface area contributed by atoms with Gasteiger partial charge in [0.1, 0.15) is 5.54 Å². The Morgan fingerprint density at radius 1 is 1.43 bits per heavy atom. The normalized spacial score (nSPS) is 24.3. The van der Waals surface area contributed by atoms with Crippen LogP contribution < -0.4 is 11.1 Å². The molecule has 114 valence electrons. The van der Waals surface area contributed by atoms with Crippen LogP contribution in [-0.4, -0.2) is 23.0 Å². The first-order valence-electron chi connectivity index (χ1n) is 6.90. The van der Waals surface area contributed by atoms with Crippen LogP contribution in [0.15, 0.2) is 24.3 Å². The molecule has 0 aliphatic heterocycles. The van der Waals surface area contributed by atoms with E-state index in [2.05, 4.69) is 5.32 Å². The predicted octanol–water partition coefficient (Wildman–Crippen LogP) is 1.32. The standard InChI is InChI=1S/C15H19ClN2O3/c1-15(14(17)21,9-4-2-5-10(16)8-9)18-13(20)11-6-3-7-12(11)19/h2,4-5,8,11-12,19H,3,6-7H2,1H3,(H2,17,21)(H,18,20). The molecule has 1 aromatic rings. The summed E-state index contributed by atoms with van der Waals surface area (Å²) in [4.78, 5) is 24.2. The Balaban J connectivity index is 2.26. The molecule has 0 aromatic heterocycles. The summed E-state index contributed by atoms with van der Waals surface area (Å²) in [7, 11) is 0. The Morgan fingerprint density at radius 3 is 2.67 bits per heavy atom. The Labute approximate surface area is 128 Å². The van der Waals surface area contributed by atoms with Gasteiger partial charge in [-0.1, -0.05) is 23.7 Å². The van der Waals surface area contributed by atoms with Gasteiger partial charge in [-0.2, -0.15) is 0 Å². The van der Waals surface area contributed by atoms with E-state index in [9.17, 15) is 14.7 Å². The van der Waals surface area contributed by atoms with Crippen molar-refractivity contribution in [2.75, 3.05) is 0 Å². The zero-order valence-electron chi connectivity index (χ0n) is 11.8. The number of nitrogens with two attached hydrogens (primary N) is 1. The molecular weight excluding hydrogens is 292 g/mol. The molecule has 1 saturated carbocycles. The van der Waals surface area contributed by atoms with Gasteiger partial charge in [0.05, 0.1) is 12.0 Å². The topological polar surface area (TPSA) is 92.4 Å². The van der Waals surface area contributed by atoms with Crippen molar-refractivity contribution in [1.82, 2.24) is 5.32 Å². The first kappa shape index (κ1) is 15.8. The second-order valence-electron chi connectivity index (χ2n) is 5.59. The first-order valence-corrected chi connectivity index (χ1v) is 7.28. The Kier molecular flexibility index (Phi) is 4.54. The first-order chi connectivity index (χ1) is 9.84. The highest BCUT2D eigenvalue weighted by Crippen LogP contribution is 2.29. The number of hydrogen-bond acceptors (Lipinski definition) is 3. The molecule has 3 atom stereocenters. The summed E-state index contributed by atoms with van der Waals surface area (Å²) in [5.74, 6) is -1.53. The molecule has 1 aromatic carbocycles. The van der Waals surface area contributed by atoms with Crippen molar-refractivity contribution in [3.63, 3.8) is 0 Å². The number of aliphatic hydroxyl groups is 1. The van der Waals surface area contributed by atoms with Crippen molar-refractivity contribution in [3.8, 4) is 0 Å². The lowest BCUT2D eigenvalue weighted by atomic mass is 9.90. The molecule has 0 saturated heterocycles. The summed E-state index contributed by atoms with van der Waals surface area (Å²) >= 11 is 5.94. The third-order valence-electron chi connectivity index (χ3n) is 4.08. The van der Waals surface area contributed by atoms with Gasteiger partial charge in [0.2, 0.25) is 11.8 Å². The van der Waals surface area contributed by atoms with Gasteiger partial charge in [0.25, 0.3) is 0 Å². The van der Waals surface area contributed by atoms with Gasteiger partial charge in [-0.15, -0.1) is 0 Å². The third-order valence-corrected chi connectivity index (χ3v) is 4.32. The number of carbonyl (C=O) groups is 2. The van der Waals surface area contributed by atoms with Gasteiger partial charge in [-0.25, -0.2) is 0 Å². The van der Waals surface area contributed by atoms with E-state index in [0.29, 0.717) is 23.4 Å². The summed E-state index contributed by atoms with van der Waals surface area (Å²) in [5, 5.41) is 12.9. The van der Waals surface area contributed by atoms with E-state index < -0.39 is 23.5 Å². The van der Waals surface area contributed by atoms with E-state index in [1.807, 2.05) is 0 Å². The zero-order valence-corrected chi connectivity index (χ0v) is 12.6. The fraction of sp³-hybridized carbons (Fsp3) is 0.467. The van der Waals surface area contributed by atoms with Crippen molar-refractivity contribution < 1.29 is 14.7 Å². The van der Waals surface area contributed by atoms with Crippen LogP contribution in [0.3, 0.4) is 0 Å². The third kappa shape index (κ3) is 3.19. The van der Waals surface area contributed by atoms with E-state index in [1.54, 1.807) is 31.2 Å². The van der Waals surface area contributed by atoms with Gasteiger partial charge < -0.3 is 16.2 Å². The summed E-state index contributed by atoms with van der Waals surface area (Å²) in [6, 6.07) is 6.64. The average molecular weight is 311 g/mol. The molecule has 0 radical (unpaired) electrons. The molecule has 2 rings (SSSR count). The number of carbonyl (C=O) groups excluding carboxylic acids is 2. The number of aliphatic hydroxyl groups excluding tert-OH is 1. The summed E-state index contributed by atoms with van der Waals surface area (Å²) in [6.45, 7) is 1.54. The molecule has 6 heteroatoms. The monoisotopic (exact) mass is 310 g/mol. The quantitative estimate of drug-likeness (QED) is 0.783. The fourth-order valence-electron chi connectivity index (χ4n) is 2.66. The Morgan fingerprint density at radius 2 is 2.14 bits per heavy atom. The molecule has 5 nitrogen and oxygen atoms in total. The second kappa shape index (κ2) is 6.03. The number of rotatable bonds is 4. The number of amides is 2. The molecule has 1 aliphatic carbocycles. The summed E-state index contributed by atoms with van der Waals surface area (Å²) in [5.41, 5.74) is 4.64. The van der Waals surface area contributed by atoms with E-state index >= 15 is 0 Å². The minimum Gasteiger partial charge on any atom is -0.392 e. The molecule has 0 bridgehead atoms. The fourth-order valence-corrected chi connectivity index (χ4v) is 2.85. The smallest absolute Gasteiger partial charge is 0.247 e. The van der Waals surface area contributed by atoms with E-state index in [0.717, 1.165) is 6.42 Å². The van der Waals surface area contributed by atoms with Crippen LogP contribution in [0.2, 0.25) is 5.02 Å². The van der Waals surface area contributed by atoms with Crippen LogP contribution >= 0.6 is 11.6 Å². The van der Waals surface area contributed by atoms with E-state index in [-0.39, 0.29) is 5.91 Å². The second-order valence-corrected chi connectivity index (χ2v) is 6.03. The van der Waals surface area contributed by atoms with Crippen molar-refractivity contribution in [2.24, 2.45) is 11.7 Å². The SMILES string of the molecule is CC(NC(=O)C1CCCC1O)(C(N)=O)c1cccc(Cl)c1. The molecule has 4 N–H and O–H groups in total. The highest BCUT2D eigenvalue weighted by molar-refractivity contribution is 6.30. The van der Waals surface area contributed by atoms with Crippen LogP contribution in [0.1, 0.15) is 31.7 Å². The maximum absolute atomic E-state index is 12.3.